The van der Waals surface area contributed by atoms with Crippen molar-refractivity contribution in [3.05, 3.63) is 70.2 Å². The maximum absolute atomic E-state index is 12.5. The Bertz CT molecular complexity index is 1220. The molecule has 3 heterocycles. The van der Waals surface area contributed by atoms with Crippen LogP contribution in [-0.4, -0.2) is 16.1 Å². The second-order valence-electron chi connectivity index (χ2n) is 6.99. The number of carbonyl (C=O) groups excluding carboxylic acids is 1. The monoisotopic (exact) mass is 375 g/mol. The van der Waals surface area contributed by atoms with Gasteiger partial charge in [0.2, 0.25) is 5.91 Å². The van der Waals surface area contributed by atoms with E-state index in [9.17, 15) is 9.59 Å². The van der Waals surface area contributed by atoms with Gasteiger partial charge in [0.15, 0.2) is 22.8 Å². The smallest absolute Gasteiger partial charge is 0.229 e. The highest BCUT2D eigenvalue weighted by Crippen LogP contribution is 2.39. The lowest BCUT2D eigenvalue weighted by molar-refractivity contribution is -0.115. The first-order valence-electron chi connectivity index (χ1n) is 9.11. The highest BCUT2D eigenvalue weighted by atomic mass is 16.4. The molecule has 7 heteroatoms. The first-order valence-corrected chi connectivity index (χ1v) is 9.11. The van der Waals surface area contributed by atoms with Gasteiger partial charge in [0.05, 0.1) is 18.1 Å². The van der Waals surface area contributed by atoms with Crippen LogP contribution < -0.4 is 10.7 Å². The molecule has 5 rings (SSSR count). The van der Waals surface area contributed by atoms with Crippen molar-refractivity contribution in [1.82, 2.24) is 10.2 Å². The minimum Gasteiger partial charge on any atom is -0.461 e. The highest BCUT2D eigenvalue weighted by Gasteiger charge is 2.25. The molecule has 3 aromatic heterocycles. The van der Waals surface area contributed by atoms with Gasteiger partial charge in [-0.15, -0.1) is 0 Å². The Morgan fingerprint density at radius 1 is 1.18 bits per heavy atom. The van der Waals surface area contributed by atoms with Crippen molar-refractivity contribution in [2.75, 3.05) is 5.32 Å². The van der Waals surface area contributed by atoms with Gasteiger partial charge < -0.3 is 14.2 Å². The second kappa shape index (κ2) is 6.53. The Kier molecular flexibility index (Phi) is 3.86. The van der Waals surface area contributed by atoms with Crippen LogP contribution in [0.5, 0.6) is 0 Å². The zero-order valence-electron chi connectivity index (χ0n) is 14.9. The molecule has 1 fully saturated rings. The SMILES string of the molecule is O=C(Cc1ccc2oc(-c3ccco3)cc(=O)c2c1)Nc1cc(C2CC2)[nH]n1. The Morgan fingerprint density at radius 2 is 2.07 bits per heavy atom. The van der Waals surface area contributed by atoms with E-state index in [-0.39, 0.29) is 17.8 Å². The van der Waals surface area contributed by atoms with E-state index >= 15 is 0 Å². The topological polar surface area (TPSA) is 101 Å². The van der Waals surface area contributed by atoms with Gasteiger partial charge >= 0.3 is 0 Å². The zero-order valence-corrected chi connectivity index (χ0v) is 14.9. The molecule has 2 N–H and O–H groups in total. The summed E-state index contributed by atoms with van der Waals surface area (Å²) in [6, 6.07) is 11.9. The molecule has 0 spiro atoms. The summed E-state index contributed by atoms with van der Waals surface area (Å²) in [4.78, 5) is 24.8. The van der Waals surface area contributed by atoms with Gasteiger partial charge in [0.25, 0.3) is 0 Å². The van der Waals surface area contributed by atoms with Crippen LogP contribution in [0.4, 0.5) is 5.82 Å². The van der Waals surface area contributed by atoms with Gasteiger partial charge in [0.1, 0.15) is 5.58 Å². The third-order valence-electron chi connectivity index (χ3n) is 4.80. The van der Waals surface area contributed by atoms with Crippen molar-refractivity contribution in [3.8, 4) is 11.5 Å². The van der Waals surface area contributed by atoms with Crippen molar-refractivity contribution < 1.29 is 13.6 Å². The number of nitrogens with zero attached hydrogens (tertiary/aromatic N) is 1. The number of benzene rings is 1. The summed E-state index contributed by atoms with van der Waals surface area (Å²) in [5.74, 6) is 1.74. The van der Waals surface area contributed by atoms with Crippen molar-refractivity contribution in [2.24, 2.45) is 0 Å². The molecule has 28 heavy (non-hydrogen) atoms. The standard InChI is InChI=1S/C21H17N3O4/c25-16-11-19(18-2-1-7-27-18)28-17-6-3-12(8-14(16)17)9-21(26)22-20-10-15(23-24-20)13-4-5-13/h1-3,6-8,10-11,13H,4-5,9H2,(H2,22,23,24,26). The van der Waals surface area contributed by atoms with E-state index in [1.165, 1.54) is 12.3 Å². The summed E-state index contributed by atoms with van der Waals surface area (Å²) >= 11 is 0. The van der Waals surface area contributed by atoms with Crippen molar-refractivity contribution >= 4 is 22.7 Å². The Balaban J connectivity index is 1.35. The Morgan fingerprint density at radius 3 is 2.86 bits per heavy atom. The number of amides is 1. The molecule has 0 saturated heterocycles. The predicted octanol–water partition coefficient (Wildman–Crippen LogP) is 3.83. The first kappa shape index (κ1) is 16.6. The summed E-state index contributed by atoms with van der Waals surface area (Å²) < 4.78 is 11.0. The zero-order chi connectivity index (χ0) is 19.1. The molecule has 0 atom stereocenters. The normalized spacial score (nSPS) is 13.7. The molecule has 1 aliphatic carbocycles. The van der Waals surface area contributed by atoms with E-state index in [2.05, 4.69) is 15.5 Å². The molecular formula is C21H17N3O4. The van der Waals surface area contributed by atoms with Crippen LogP contribution in [0.3, 0.4) is 0 Å². The van der Waals surface area contributed by atoms with Gasteiger partial charge in [-0.3, -0.25) is 14.7 Å². The van der Waals surface area contributed by atoms with Gasteiger partial charge in [-0.05, 0) is 42.7 Å². The minimum atomic E-state index is -0.190. The van der Waals surface area contributed by atoms with Crippen LogP contribution in [0.2, 0.25) is 0 Å². The number of hydrogen-bond acceptors (Lipinski definition) is 5. The Hall–Kier alpha value is -3.61. The third kappa shape index (κ3) is 3.22. The average Bonchev–Trinajstić information content (AvgIpc) is 3.18. The van der Waals surface area contributed by atoms with Crippen LogP contribution in [0, 0.1) is 0 Å². The van der Waals surface area contributed by atoms with Crippen LogP contribution in [-0.2, 0) is 11.2 Å². The fourth-order valence-electron chi connectivity index (χ4n) is 3.23. The van der Waals surface area contributed by atoms with Crippen molar-refractivity contribution in [3.63, 3.8) is 0 Å². The number of nitrogens with one attached hydrogen (secondary N) is 2. The van der Waals surface area contributed by atoms with E-state index in [0.29, 0.717) is 34.2 Å². The fraction of sp³-hybridized carbons (Fsp3) is 0.190. The lowest BCUT2D eigenvalue weighted by atomic mass is 10.1. The summed E-state index contributed by atoms with van der Waals surface area (Å²) in [5, 5.41) is 10.3. The third-order valence-corrected chi connectivity index (χ3v) is 4.80. The number of H-pyrrole nitrogens is 1. The first-order chi connectivity index (χ1) is 13.7. The molecule has 0 unspecified atom stereocenters. The molecular weight excluding hydrogens is 358 g/mol. The molecule has 1 saturated carbocycles. The van der Waals surface area contributed by atoms with Crippen molar-refractivity contribution in [1.29, 1.82) is 0 Å². The molecule has 0 radical (unpaired) electrons. The molecule has 140 valence electrons. The van der Waals surface area contributed by atoms with Crippen LogP contribution >= 0.6 is 0 Å². The molecule has 1 aliphatic rings. The van der Waals surface area contributed by atoms with E-state index in [1.807, 2.05) is 6.07 Å². The van der Waals surface area contributed by atoms with E-state index < -0.39 is 0 Å². The second-order valence-corrected chi connectivity index (χ2v) is 6.99. The van der Waals surface area contributed by atoms with E-state index in [4.69, 9.17) is 8.83 Å². The average molecular weight is 375 g/mol. The largest absolute Gasteiger partial charge is 0.461 e. The number of furan rings is 1. The quantitative estimate of drug-likeness (QED) is 0.552. The predicted molar refractivity (Wildman–Crippen MR) is 103 cm³/mol. The molecule has 4 aromatic rings. The number of aromatic amines is 1. The summed E-state index contributed by atoms with van der Waals surface area (Å²) in [7, 11) is 0. The fourth-order valence-corrected chi connectivity index (χ4v) is 3.23. The number of rotatable bonds is 5. The number of carbonyl (C=O) groups is 1. The number of aromatic nitrogens is 2. The van der Waals surface area contributed by atoms with Crippen molar-refractivity contribution in [2.45, 2.75) is 25.2 Å². The number of fused-ring (bicyclic) bond motifs is 1. The van der Waals surface area contributed by atoms with Gasteiger partial charge in [-0.1, -0.05) is 6.07 Å². The number of hydrogen-bond donors (Lipinski definition) is 2. The lowest BCUT2D eigenvalue weighted by Crippen LogP contribution is -2.15. The molecule has 0 bridgehead atoms. The highest BCUT2D eigenvalue weighted by molar-refractivity contribution is 5.92. The van der Waals surface area contributed by atoms with E-state index in [1.54, 1.807) is 30.3 Å². The molecule has 1 aromatic carbocycles. The molecule has 1 amide bonds. The lowest BCUT2D eigenvalue weighted by Gasteiger charge is -2.05. The maximum atomic E-state index is 12.5. The summed E-state index contributed by atoms with van der Waals surface area (Å²) in [6.45, 7) is 0. The number of anilines is 1. The van der Waals surface area contributed by atoms with E-state index in [0.717, 1.165) is 24.1 Å². The minimum absolute atomic E-state index is 0.140. The van der Waals surface area contributed by atoms with Crippen LogP contribution in [0.1, 0.15) is 30.0 Å². The Labute approximate surface area is 159 Å². The van der Waals surface area contributed by atoms with Gasteiger partial charge in [-0.25, -0.2) is 0 Å². The van der Waals surface area contributed by atoms with Crippen LogP contribution in [0.15, 0.2) is 62.4 Å². The van der Waals surface area contributed by atoms with Gasteiger partial charge in [-0.2, -0.15) is 5.10 Å². The maximum Gasteiger partial charge on any atom is 0.229 e. The van der Waals surface area contributed by atoms with Crippen LogP contribution in [0.25, 0.3) is 22.5 Å². The summed E-state index contributed by atoms with van der Waals surface area (Å²) in [5.41, 5.74) is 2.05. The van der Waals surface area contributed by atoms with Gasteiger partial charge in [0, 0.05) is 23.7 Å². The summed E-state index contributed by atoms with van der Waals surface area (Å²) in [6.07, 6.45) is 3.99. The molecule has 0 aliphatic heterocycles. The molecule has 7 nitrogen and oxygen atoms in total.